The summed E-state index contributed by atoms with van der Waals surface area (Å²) < 4.78 is 0. The summed E-state index contributed by atoms with van der Waals surface area (Å²) in [4.78, 5) is 6.74. The zero-order valence-electron chi connectivity index (χ0n) is 10.1. The Morgan fingerprint density at radius 2 is 2.06 bits per heavy atom. The van der Waals surface area contributed by atoms with Crippen LogP contribution >= 0.6 is 0 Å². The monoisotopic (exact) mass is 220 g/mol. The van der Waals surface area contributed by atoms with Gasteiger partial charge < -0.3 is 10.0 Å². The molecule has 1 saturated heterocycles. The van der Waals surface area contributed by atoms with E-state index in [-0.39, 0.29) is 0 Å². The van der Waals surface area contributed by atoms with Crippen molar-refractivity contribution in [2.75, 3.05) is 18.0 Å². The fourth-order valence-corrected chi connectivity index (χ4v) is 2.07. The largest absolute Gasteiger partial charge is 0.389 e. The Labute approximate surface area is 97.1 Å². The van der Waals surface area contributed by atoms with E-state index >= 15 is 0 Å². The van der Waals surface area contributed by atoms with Gasteiger partial charge in [0, 0.05) is 19.3 Å². The highest BCUT2D eigenvalue weighted by molar-refractivity contribution is 5.40. The van der Waals surface area contributed by atoms with E-state index in [1.54, 1.807) is 13.1 Å². The molecule has 0 unspecified atom stereocenters. The third kappa shape index (κ3) is 2.53. The molecule has 2 rings (SSSR count). The quantitative estimate of drug-likeness (QED) is 0.831. The molecule has 1 atom stereocenters. The molecule has 0 spiro atoms. The van der Waals surface area contributed by atoms with E-state index in [0.29, 0.717) is 0 Å². The van der Waals surface area contributed by atoms with Crippen LogP contribution in [0.25, 0.3) is 0 Å². The molecule has 0 bridgehead atoms. The van der Waals surface area contributed by atoms with E-state index in [0.717, 1.165) is 30.4 Å². The van der Waals surface area contributed by atoms with Gasteiger partial charge in [-0.1, -0.05) is 13.0 Å². The van der Waals surface area contributed by atoms with Crippen LogP contribution in [0.1, 0.15) is 38.4 Å². The number of anilines is 1. The highest BCUT2D eigenvalue weighted by atomic mass is 16.3. The zero-order valence-corrected chi connectivity index (χ0v) is 10.1. The van der Waals surface area contributed by atoms with E-state index in [2.05, 4.69) is 16.8 Å². The van der Waals surface area contributed by atoms with Gasteiger partial charge in [-0.2, -0.15) is 0 Å². The average molecular weight is 220 g/mol. The Hall–Kier alpha value is -1.09. The molecular formula is C13H20N2O. The zero-order chi connectivity index (χ0) is 11.5. The second kappa shape index (κ2) is 4.83. The number of hydrogen-bond donors (Lipinski definition) is 1. The van der Waals surface area contributed by atoms with Crippen molar-refractivity contribution in [2.45, 2.75) is 32.8 Å². The lowest BCUT2D eigenvalue weighted by molar-refractivity contribution is 0.199. The van der Waals surface area contributed by atoms with Crippen LogP contribution in [0.4, 0.5) is 5.82 Å². The van der Waals surface area contributed by atoms with Crippen molar-refractivity contribution < 1.29 is 5.11 Å². The minimum atomic E-state index is -0.428. The molecule has 2 heterocycles. The molecule has 1 N–H and O–H groups in total. The number of pyridine rings is 1. The maximum Gasteiger partial charge on any atom is 0.128 e. The normalized spacial score (nSPS) is 19.8. The predicted octanol–water partition coefficient (Wildman–Crippen LogP) is 2.37. The smallest absolute Gasteiger partial charge is 0.128 e. The van der Waals surface area contributed by atoms with Gasteiger partial charge in [-0.15, -0.1) is 0 Å². The lowest BCUT2D eigenvalue weighted by Gasteiger charge is -2.31. The topological polar surface area (TPSA) is 36.4 Å². The fraction of sp³-hybridized carbons (Fsp3) is 0.615. The first kappa shape index (κ1) is 11.4. The standard InChI is InChI=1S/C13H20N2O/c1-10-5-7-15(8-6-10)13-4-3-12(9-14-13)11(2)16/h3-4,9-11,16H,5-8H2,1-2H3/t11-/m1/s1. The van der Waals surface area contributed by atoms with Crippen LogP contribution in [0.5, 0.6) is 0 Å². The van der Waals surface area contributed by atoms with Crippen molar-refractivity contribution in [1.82, 2.24) is 4.98 Å². The summed E-state index contributed by atoms with van der Waals surface area (Å²) in [6.07, 6.45) is 3.85. The Kier molecular flexibility index (Phi) is 3.44. The van der Waals surface area contributed by atoms with Crippen molar-refractivity contribution >= 4 is 5.82 Å². The van der Waals surface area contributed by atoms with Gasteiger partial charge >= 0.3 is 0 Å². The molecule has 16 heavy (non-hydrogen) atoms. The Morgan fingerprint density at radius 3 is 2.56 bits per heavy atom. The van der Waals surface area contributed by atoms with Crippen molar-refractivity contribution in [2.24, 2.45) is 5.92 Å². The maximum absolute atomic E-state index is 9.41. The van der Waals surface area contributed by atoms with E-state index in [1.165, 1.54) is 12.8 Å². The molecule has 1 aromatic rings. The van der Waals surface area contributed by atoms with Crippen molar-refractivity contribution in [3.63, 3.8) is 0 Å². The van der Waals surface area contributed by atoms with Crippen LogP contribution in [0.2, 0.25) is 0 Å². The number of nitrogens with zero attached hydrogens (tertiary/aromatic N) is 2. The summed E-state index contributed by atoms with van der Waals surface area (Å²) in [7, 11) is 0. The summed E-state index contributed by atoms with van der Waals surface area (Å²) >= 11 is 0. The maximum atomic E-state index is 9.41. The first-order chi connectivity index (χ1) is 7.66. The highest BCUT2D eigenvalue weighted by Gasteiger charge is 2.16. The van der Waals surface area contributed by atoms with Gasteiger partial charge in [0.05, 0.1) is 6.10 Å². The number of piperidine rings is 1. The first-order valence-corrected chi connectivity index (χ1v) is 6.06. The van der Waals surface area contributed by atoms with Gasteiger partial charge in [-0.3, -0.25) is 0 Å². The third-order valence-electron chi connectivity index (χ3n) is 3.36. The molecule has 0 amide bonds. The molecule has 1 aliphatic rings. The van der Waals surface area contributed by atoms with E-state index in [1.807, 2.05) is 12.1 Å². The van der Waals surface area contributed by atoms with E-state index < -0.39 is 6.10 Å². The molecule has 0 saturated carbocycles. The number of aliphatic hydroxyl groups is 1. The van der Waals surface area contributed by atoms with Gasteiger partial charge in [0.2, 0.25) is 0 Å². The van der Waals surface area contributed by atoms with Gasteiger partial charge in [-0.05, 0) is 37.3 Å². The summed E-state index contributed by atoms with van der Waals surface area (Å²) in [5.41, 5.74) is 0.883. The van der Waals surface area contributed by atoms with Gasteiger partial charge in [0.15, 0.2) is 0 Å². The molecular weight excluding hydrogens is 200 g/mol. The number of hydrogen-bond acceptors (Lipinski definition) is 3. The van der Waals surface area contributed by atoms with E-state index in [9.17, 15) is 5.11 Å². The van der Waals surface area contributed by atoms with Crippen LogP contribution in [-0.4, -0.2) is 23.2 Å². The molecule has 0 radical (unpaired) electrons. The molecule has 88 valence electrons. The van der Waals surface area contributed by atoms with Gasteiger partial charge in [0.25, 0.3) is 0 Å². The van der Waals surface area contributed by atoms with E-state index in [4.69, 9.17) is 0 Å². The number of aliphatic hydroxyl groups excluding tert-OH is 1. The average Bonchev–Trinajstić information content (AvgIpc) is 2.30. The number of rotatable bonds is 2. The van der Waals surface area contributed by atoms with Crippen LogP contribution in [0.3, 0.4) is 0 Å². The second-order valence-electron chi connectivity index (χ2n) is 4.80. The Balaban J connectivity index is 2.04. The minimum absolute atomic E-state index is 0.428. The van der Waals surface area contributed by atoms with Crippen molar-refractivity contribution in [3.05, 3.63) is 23.9 Å². The number of aromatic nitrogens is 1. The lowest BCUT2D eigenvalue weighted by Crippen LogP contribution is -2.33. The SMILES string of the molecule is CC1CCN(c2ccc([C@@H](C)O)cn2)CC1. The minimum Gasteiger partial charge on any atom is -0.389 e. The Bertz CT molecular complexity index is 326. The fourth-order valence-electron chi connectivity index (χ4n) is 2.07. The van der Waals surface area contributed by atoms with Crippen LogP contribution < -0.4 is 4.90 Å². The summed E-state index contributed by atoms with van der Waals surface area (Å²) in [6.45, 7) is 6.27. The van der Waals surface area contributed by atoms with Crippen molar-refractivity contribution in [3.8, 4) is 0 Å². The van der Waals surface area contributed by atoms with Crippen molar-refractivity contribution in [1.29, 1.82) is 0 Å². The lowest BCUT2D eigenvalue weighted by atomic mass is 9.99. The summed E-state index contributed by atoms with van der Waals surface area (Å²) in [5, 5.41) is 9.41. The third-order valence-corrected chi connectivity index (χ3v) is 3.36. The van der Waals surface area contributed by atoms with Crippen LogP contribution in [0.15, 0.2) is 18.3 Å². The molecule has 1 aliphatic heterocycles. The molecule has 3 nitrogen and oxygen atoms in total. The molecule has 0 aromatic carbocycles. The molecule has 0 aliphatic carbocycles. The highest BCUT2D eigenvalue weighted by Crippen LogP contribution is 2.22. The summed E-state index contributed by atoms with van der Waals surface area (Å²) in [6, 6.07) is 3.98. The molecule has 1 aromatic heterocycles. The predicted molar refractivity (Wildman–Crippen MR) is 65.5 cm³/mol. The van der Waals surface area contributed by atoms with Crippen LogP contribution in [0, 0.1) is 5.92 Å². The molecule has 1 fully saturated rings. The van der Waals surface area contributed by atoms with Gasteiger partial charge in [-0.25, -0.2) is 4.98 Å². The molecule has 3 heteroatoms. The van der Waals surface area contributed by atoms with Crippen LogP contribution in [-0.2, 0) is 0 Å². The second-order valence-corrected chi connectivity index (χ2v) is 4.80. The van der Waals surface area contributed by atoms with Gasteiger partial charge in [0.1, 0.15) is 5.82 Å². The first-order valence-electron chi connectivity index (χ1n) is 6.06. The summed E-state index contributed by atoms with van der Waals surface area (Å²) in [5.74, 6) is 1.88. The Morgan fingerprint density at radius 1 is 1.38 bits per heavy atom.